The first-order chi connectivity index (χ1) is 9.60. The third-order valence-electron chi connectivity index (χ3n) is 4.22. The molecule has 5 heteroatoms. The highest BCUT2D eigenvalue weighted by molar-refractivity contribution is 5.98. The molecule has 1 aromatic rings. The number of carbonyl (C=O) groups excluding carboxylic acids is 2. The molecule has 0 saturated carbocycles. The molecular formula is C16H22N2O3. The summed E-state index contributed by atoms with van der Waals surface area (Å²) in [5.41, 5.74) is 0.467. The van der Waals surface area contributed by atoms with Gasteiger partial charge in [-0.1, -0.05) is 0 Å². The van der Waals surface area contributed by atoms with Gasteiger partial charge in [-0.25, -0.2) is 0 Å². The van der Waals surface area contributed by atoms with Crippen molar-refractivity contribution in [3.8, 4) is 0 Å². The molecule has 0 unspecified atom stereocenters. The van der Waals surface area contributed by atoms with Crippen LogP contribution >= 0.6 is 0 Å². The molecule has 114 valence electrons. The van der Waals surface area contributed by atoms with Gasteiger partial charge < -0.3 is 15.7 Å². The van der Waals surface area contributed by atoms with Gasteiger partial charge in [0.05, 0.1) is 11.1 Å². The number of nitrogens with one attached hydrogen (secondary N) is 2. The Kier molecular flexibility index (Phi) is 3.80. The molecule has 0 fully saturated rings. The molecule has 5 nitrogen and oxygen atoms in total. The average Bonchev–Trinajstić information content (AvgIpc) is 2.36. The predicted molar refractivity (Wildman–Crippen MR) is 81.2 cm³/mol. The molecule has 0 aliphatic carbocycles. The summed E-state index contributed by atoms with van der Waals surface area (Å²) >= 11 is 0. The molecular weight excluding hydrogens is 268 g/mol. The first kappa shape index (κ1) is 15.5. The molecule has 1 aliphatic heterocycles. The van der Waals surface area contributed by atoms with Gasteiger partial charge in [0.1, 0.15) is 0 Å². The second kappa shape index (κ2) is 5.15. The van der Waals surface area contributed by atoms with Crippen LogP contribution in [0.25, 0.3) is 0 Å². The Balaban J connectivity index is 2.20. The molecule has 2 rings (SSSR count). The van der Waals surface area contributed by atoms with Crippen molar-refractivity contribution in [2.24, 2.45) is 0 Å². The van der Waals surface area contributed by atoms with Gasteiger partial charge in [0.2, 0.25) is 5.91 Å². The minimum atomic E-state index is -1.04. The molecule has 0 atom stereocenters. The lowest BCUT2D eigenvalue weighted by molar-refractivity contribution is -0.116. The number of aryl methyl sites for hydroxylation is 1. The average molecular weight is 290 g/mol. The summed E-state index contributed by atoms with van der Waals surface area (Å²) in [7, 11) is 0. The molecule has 0 aromatic heterocycles. The molecule has 1 aromatic carbocycles. The number of aliphatic hydroxyl groups is 1. The Morgan fingerprint density at radius 2 is 1.90 bits per heavy atom. The van der Waals surface area contributed by atoms with Crippen LogP contribution in [-0.2, 0) is 11.2 Å². The minimum absolute atomic E-state index is 0.00265. The number of benzene rings is 1. The number of rotatable bonds is 3. The molecule has 21 heavy (non-hydrogen) atoms. The Morgan fingerprint density at radius 1 is 1.24 bits per heavy atom. The second-order valence-corrected chi connectivity index (χ2v) is 6.56. The van der Waals surface area contributed by atoms with Crippen molar-refractivity contribution in [2.45, 2.75) is 51.7 Å². The lowest BCUT2D eigenvalue weighted by Gasteiger charge is -2.38. The monoisotopic (exact) mass is 290 g/mol. The number of carbonyl (C=O) groups is 2. The van der Waals surface area contributed by atoms with Crippen LogP contribution in [0.2, 0.25) is 0 Å². The van der Waals surface area contributed by atoms with Crippen LogP contribution in [-0.4, -0.2) is 28.1 Å². The first-order valence-electron chi connectivity index (χ1n) is 7.08. The standard InChI is InChI=1S/C16H22N2O3/c1-15(2,16(3,4)21)18-14(20)11-5-7-12-10(9-11)6-8-13(19)17-12/h5,7,9,21H,6,8H2,1-4H3,(H,17,19)(H,18,20). The summed E-state index contributed by atoms with van der Waals surface area (Å²) in [4.78, 5) is 23.7. The van der Waals surface area contributed by atoms with Gasteiger partial charge >= 0.3 is 0 Å². The topological polar surface area (TPSA) is 78.4 Å². The molecule has 2 amide bonds. The van der Waals surface area contributed by atoms with Gasteiger partial charge in [0.25, 0.3) is 5.91 Å². The van der Waals surface area contributed by atoms with Crippen molar-refractivity contribution < 1.29 is 14.7 Å². The Hall–Kier alpha value is -1.88. The maximum Gasteiger partial charge on any atom is 0.251 e. The molecule has 3 N–H and O–H groups in total. The van der Waals surface area contributed by atoms with E-state index in [0.717, 1.165) is 11.3 Å². The fraction of sp³-hybridized carbons (Fsp3) is 0.500. The van der Waals surface area contributed by atoms with Crippen molar-refractivity contribution in [1.29, 1.82) is 0 Å². The van der Waals surface area contributed by atoms with Gasteiger partial charge in [-0.3, -0.25) is 9.59 Å². The highest BCUT2D eigenvalue weighted by atomic mass is 16.3. The molecule has 0 saturated heterocycles. The third kappa shape index (κ3) is 3.24. The normalized spacial score (nSPS) is 15.2. The summed E-state index contributed by atoms with van der Waals surface area (Å²) < 4.78 is 0. The van der Waals surface area contributed by atoms with Crippen molar-refractivity contribution in [3.05, 3.63) is 29.3 Å². The predicted octanol–water partition coefficient (Wildman–Crippen LogP) is 1.85. The molecule has 0 spiro atoms. The van der Waals surface area contributed by atoms with Crippen molar-refractivity contribution in [2.75, 3.05) is 5.32 Å². The fourth-order valence-electron chi connectivity index (χ4n) is 2.03. The van der Waals surface area contributed by atoms with E-state index in [-0.39, 0.29) is 11.8 Å². The van der Waals surface area contributed by atoms with Crippen LogP contribution in [0, 0.1) is 0 Å². The zero-order valence-electron chi connectivity index (χ0n) is 12.9. The van der Waals surface area contributed by atoms with Crippen LogP contribution < -0.4 is 10.6 Å². The lowest BCUT2D eigenvalue weighted by Crippen LogP contribution is -2.57. The molecule has 0 bridgehead atoms. The van der Waals surface area contributed by atoms with Crippen LogP contribution in [0.1, 0.15) is 50.0 Å². The number of fused-ring (bicyclic) bond motifs is 1. The largest absolute Gasteiger partial charge is 0.388 e. The summed E-state index contributed by atoms with van der Waals surface area (Å²) in [6.07, 6.45) is 1.07. The smallest absolute Gasteiger partial charge is 0.251 e. The van der Waals surface area contributed by atoms with E-state index in [1.54, 1.807) is 45.9 Å². The first-order valence-corrected chi connectivity index (χ1v) is 7.08. The van der Waals surface area contributed by atoms with Gasteiger partial charge in [0.15, 0.2) is 0 Å². The fourth-order valence-corrected chi connectivity index (χ4v) is 2.03. The summed E-state index contributed by atoms with van der Waals surface area (Å²) in [5.74, 6) is -0.232. The van der Waals surface area contributed by atoms with E-state index >= 15 is 0 Å². The van der Waals surface area contributed by atoms with Crippen LogP contribution in [0.4, 0.5) is 5.69 Å². The maximum absolute atomic E-state index is 12.3. The van der Waals surface area contributed by atoms with E-state index in [9.17, 15) is 14.7 Å². The van der Waals surface area contributed by atoms with E-state index in [0.29, 0.717) is 18.4 Å². The van der Waals surface area contributed by atoms with E-state index in [1.165, 1.54) is 0 Å². The second-order valence-electron chi connectivity index (χ2n) is 6.56. The van der Waals surface area contributed by atoms with Crippen molar-refractivity contribution in [1.82, 2.24) is 5.32 Å². The quantitative estimate of drug-likeness (QED) is 0.795. The highest BCUT2D eigenvalue weighted by Crippen LogP contribution is 2.25. The Labute approximate surface area is 124 Å². The number of hydrogen-bond donors (Lipinski definition) is 3. The summed E-state index contributed by atoms with van der Waals surface area (Å²) in [6.45, 7) is 6.89. The number of hydrogen-bond acceptors (Lipinski definition) is 3. The SMILES string of the molecule is CC(C)(O)C(C)(C)NC(=O)c1ccc2c(c1)CCC(=O)N2. The molecule has 0 radical (unpaired) electrons. The van der Waals surface area contributed by atoms with Crippen molar-refractivity contribution in [3.63, 3.8) is 0 Å². The van der Waals surface area contributed by atoms with Gasteiger partial charge in [-0.2, -0.15) is 0 Å². The zero-order chi connectivity index (χ0) is 15.8. The van der Waals surface area contributed by atoms with Crippen LogP contribution in [0.15, 0.2) is 18.2 Å². The van der Waals surface area contributed by atoms with E-state index < -0.39 is 11.1 Å². The van der Waals surface area contributed by atoms with E-state index in [2.05, 4.69) is 10.6 Å². The van der Waals surface area contributed by atoms with Gasteiger partial charge in [-0.15, -0.1) is 0 Å². The minimum Gasteiger partial charge on any atom is -0.388 e. The zero-order valence-corrected chi connectivity index (χ0v) is 12.9. The summed E-state index contributed by atoms with van der Waals surface area (Å²) in [6, 6.07) is 5.23. The molecule has 1 aliphatic rings. The summed E-state index contributed by atoms with van der Waals surface area (Å²) in [5, 5.41) is 15.7. The van der Waals surface area contributed by atoms with Crippen LogP contribution in [0.5, 0.6) is 0 Å². The van der Waals surface area contributed by atoms with E-state index in [4.69, 9.17) is 0 Å². The maximum atomic E-state index is 12.3. The lowest BCUT2D eigenvalue weighted by atomic mass is 9.85. The van der Waals surface area contributed by atoms with Crippen molar-refractivity contribution >= 4 is 17.5 Å². The Bertz CT molecular complexity index is 586. The number of amides is 2. The third-order valence-corrected chi connectivity index (χ3v) is 4.22. The molecule has 1 heterocycles. The highest BCUT2D eigenvalue weighted by Gasteiger charge is 2.36. The Morgan fingerprint density at radius 3 is 2.52 bits per heavy atom. The number of anilines is 1. The van der Waals surface area contributed by atoms with Gasteiger partial charge in [-0.05, 0) is 57.9 Å². The van der Waals surface area contributed by atoms with Gasteiger partial charge in [0, 0.05) is 17.7 Å². The van der Waals surface area contributed by atoms with Crippen LogP contribution in [0.3, 0.4) is 0 Å². The van der Waals surface area contributed by atoms with E-state index in [1.807, 2.05) is 0 Å².